The molecule has 0 fully saturated rings. The summed E-state index contributed by atoms with van der Waals surface area (Å²) in [5.41, 5.74) is 2.37. The van der Waals surface area contributed by atoms with E-state index in [2.05, 4.69) is 5.32 Å². The number of esters is 1. The van der Waals surface area contributed by atoms with Gasteiger partial charge in [0, 0.05) is 6.42 Å². The zero-order valence-corrected chi connectivity index (χ0v) is 17.3. The number of carboxylic acid groups (broad SMARTS) is 1. The van der Waals surface area contributed by atoms with E-state index in [-0.39, 0.29) is 18.7 Å². The van der Waals surface area contributed by atoms with Crippen LogP contribution in [0.2, 0.25) is 0 Å². The summed E-state index contributed by atoms with van der Waals surface area (Å²) in [6, 6.07) is 13.4. The lowest BCUT2D eigenvalue weighted by atomic mass is 9.95. The van der Waals surface area contributed by atoms with Crippen LogP contribution in [-0.2, 0) is 20.7 Å². The molecule has 2 N–H and O–H groups in total. The van der Waals surface area contributed by atoms with Gasteiger partial charge in [0.05, 0.1) is 5.56 Å². The molecule has 0 aliphatic carbocycles. The standard InChI is InChI=1S/C22H23NO6S/c1-30-11-10-18(21(25)26)23-20(24)13-28-16-8-6-14(7-9-16)19-12-15-4-2-3-5-17(15)22(27)29-19/h2-9,18-19H,10-13H2,1H3,(H,23,24)(H,25,26)/t18-,19+/m0/s1. The van der Waals surface area contributed by atoms with E-state index >= 15 is 0 Å². The van der Waals surface area contributed by atoms with E-state index in [0.29, 0.717) is 29.9 Å². The highest BCUT2D eigenvalue weighted by molar-refractivity contribution is 7.98. The number of carbonyl (C=O) groups excluding carboxylic acids is 2. The minimum atomic E-state index is -1.06. The second-order valence-corrected chi connectivity index (χ2v) is 7.84. The van der Waals surface area contributed by atoms with Gasteiger partial charge in [-0.25, -0.2) is 9.59 Å². The Bertz CT molecular complexity index is 914. The van der Waals surface area contributed by atoms with Gasteiger partial charge in [-0.1, -0.05) is 30.3 Å². The minimum absolute atomic E-state index is 0.284. The molecule has 0 spiro atoms. The van der Waals surface area contributed by atoms with Gasteiger partial charge in [-0.3, -0.25) is 4.79 Å². The molecule has 158 valence electrons. The number of hydrogen-bond donors (Lipinski definition) is 2. The summed E-state index contributed by atoms with van der Waals surface area (Å²) in [5.74, 6) is -0.799. The van der Waals surface area contributed by atoms with Crippen molar-refractivity contribution in [2.24, 2.45) is 0 Å². The maximum absolute atomic E-state index is 12.2. The molecule has 3 rings (SSSR count). The van der Waals surface area contributed by atoms with Gasteiger partial charge < -0.3 is 19.9 Å². The van der Waals surface area contributed by atoms with Gasteiger partial charge >= 0.3 is 11.9 Å². The monoisotopic (exact) mass is 429 g/mol. The highest BCUT2D eigenvalue weighted by Crippen LogP contribution is 2.31. The lowest BCUT2D eigenvalue weighted by Crippen LogP contribution is -2.43. The molecule has 2 aromatic carbocycles. The average molecular weight is 429 g/mol. The average Bonchev–Trinajstić information content (AvgIpc) is 2.75. The molecule has 7 nitrogen and oxygen atoms in total. The number of nitrogens with one attached hydrogen (secondary N) is 1. The molecule has 0 saturated heterocycles. The Morgan fingerprint density at radius 3 is 2.67 bits per heavy atom. The first kappa shape index (κ1) is 21.7. The van der Waals surface area contributed by atoms with E-state index in [1.165, 1.54) is 11.8 Å². The Kier molecular flexibility index (Phi) is 7.35. The van der Waals surface area contributed by atoms with Crippen molar-refractivity contribution in [3.63, 3.8) is 0 Å². The van der Waals surface area contributed by atoms with Gasteiger partial charge in [0.15, 0.2) is 6.61 Å². The Morgan fingerprint density at radius 2 is 1.97 bits per heavy atom. The number of rotatable bonds is 9. The minimum Gasteiger partial charge on any atom is -0.484 e. The van der Waals surface area contributed by atoms with E-state index < -0.39 is 17.9 Å². The van der Waals surface area contributed by atoms with Crippen LogP contribution in [0, 0.1) is 0 Å². The topological polar surface area (TPSA) is 102 Å². The molecule has 0 bridgehead atoms. The third kappa shape index (κ3) is 5.54. The van der Waals surface area contributed by atoms with E-state index in [1.807, 2.05) is 24.5 Å². The normalized spacial score (nSPS) is 16.2. The number of hydrogen-bond acceptors (Lipinski definition) is 6. The molecular weight excluding hydrogens is 406 g/mol. The highest BCUT2D eigenvalue weighted by atomic mass is 32.2. The molecule has 0 radical (unpaired) electrons. The largest absolute Gasteiger partial charge is 0.484 e. The Labute approximate surface area is 178 Å². The second kappa shape index (κ2) is 10.2. The van der Waals surface area contributed by atoms with Gasteiger partial charge in [0.1, 0.15) is 17.9 Å². The summed E-state index contributed by atoms with van der Waals surface area (Å²) in [4.78, 5) is 35.4. The lowest BCUT2D eigenvalue weighted by Gasteiger charge is -2.25. The van der Waals surface area contributed by atoms with E-state index in [9.17, 15) is 14.4 Å². The molecular formula is C22H23NO6S. The molecule has 8 heteroatoms. The third-order valence-corrected chi connectivity index (χ3v) is 5.40. The van der Waals surface area contributed by atoms with Gasteiger partial charge in [-0.05, 0) is 47.8 Å². The summed E-state index contributed by atoms with van der Waals surface area (Å²) in [5, 5.41) is 11.6. The summed E-state index contributed by atoms with van der Waals surface area (Å²) < 4.78 is 11.0. The first-order valence-corrected chi connectivity index (χ1v) is 10.9. The maximum atomic E-state index is 12.2. The summed E-state index contributed by atoms with van der Waals surface area (Å²) in [6.45, 7) is -0.284. The zero-order valence-electron chi connectivity index (χ0n) is 16.5. The number of aliphatic carboxylic acids is 1. The molecule has 1 aliphatic heterocycles. The smallest absolute Gasteiger partial charge is 0.339 e. The van der Waals surface area contributed by atoms with Crippen LogP contribution < -0.4 is 10.1 Å². The molecule has 0 unspecified atom stereocenters. The fraction of sp³-hybridized carbons (Fsp3) is 0.318. The van der Waals surface area contributed by atoms with Crippen molar-refractivity contribution < 1.29 is 29.0 Å². The van der Waals surface area contributed by atoms with Crippen molar-refractivity contribution in [2.75, 3.05) is 18.6 Å². The Morgan fingerprint density at radius 1 is 1.23 bits per heavy atom. The van der Waals surface area contributed by atoms with Crippen molar-refractivity contribution in [1.29, 1.82) is 0 Å². The number of carbonyl (C=O) groups is 3. The summed E-state index contributed by atoms with van der Waals surface area (Å²) >= 11 is 1.52. The van der Waals surface area contributed by atoms with Crippen LogP contribution in [0.5, 0.6) is 5.75 Å². The first-order valence-electron chi connectivity index (χ1n) is 9.50. The van der Waals surface area contributed by atoms with E-state index in [1.54, 1.807) is 30.3 Å². The molecule has 2 aromatic rings. The van der Waals surface area contributed by atoms with Crippen LogP contribution in [0.4, 0.5) is 0 Å². The lowest BCUT2D eigenvalue weighted by molar-refractivity contribution is -0.142. The summed E-state index contributed by atoms with van der Waals surface area (Å²) in [7, 11) is 0. The SMILES string of the molecule is CSCC[C@H](NC(=O)COc1ccc([C@H]2Cc3ccccc3C(=O)O2)cc1)C(=O)O. The van der Waals surface area contributed by atoms with Gasteiger partial charge in [0.2, 0.25) is 0 Å². The van der Waals surface area contributed by atoms with Crippen LogP contribution in [0.3, 0.4) is 0 Å². The zero-order chi connectivity index (χ0) is 21.5. The van der Waals surface area contributed by atoms with Crippen LogP contribution in [-0.4, -0.2) is 47.6 Å². The van der Waals surface area contributed by atoms with Crippen LogP contribution in [0.1, 0.15) is 34.0 Å². The van der Waals surface area contributed by atoms with Crippen molar-refractivity contribution in [2.45, 2.75) is 25.0 Å². The number of fused-ring (bicyclic) bond motifs is 1. The number of carboxylic acids is 1. The van der Waals surface area contributed by atoms with E-state index in [0.717, 1.165) is 11.1 Å². The highest BCUT2D eigenvalue weighted by Gasteiger charge is 2.27. The Balaban J connectivity index is 1.54. The second-order valence-electron chi connectivity index (χ2n) is 6.85. The molecule has 0 saturated carbocycles. The quantitative estimate of drug-likeness (QED) is 0.591. The Hall–Kier alpha value is -3.00. The maximum Gasteiger partial charge on any atom is 0.339 e. The van der Waals surface area contributed by atoms with Crippen molar-refractivity contribution >= 4 is 29.6 Å². The van der Waals surface area contributed by atoms with Gasteiger partial charge in [-0.15, -0.1) is 0 Å². The van der Waals surface area contributed by atoms with E-state index in [4.69, 9.17) is 14.6 Å². The van der Waals surface area contributed by atoms with Crippen LogP contribution in [0.15, 0.2) is 48.5 Å². The van der Waals surface area contributed by atoms with Crippen LogP contribution in [0.25, 0.3) is 0 Å². The fourth-order valence-electron chi connectivity index (χ4n) is 3.17. The molecule has 1 heterocycles. The number of cyclic esters (lactones) is 1. The van der Waals surface area contributed by atoms with Crippen LogP contribution >= 0.6 is 11.8 Å². The fourth-order valence-corrected chi connectivity index (χ4v) is 3.65. The first-order chi connectivity index (χ1) is 14.5. The number of thioether (sulfide) groups is 1. The third-order valence-electron chi connectivity index (χ3n) is 4.76. The molecule has 30 heavy (non-hydrogen) atoms. The number of benzene rings is 2. The molecule has 2 atom stereocenters. The molecule has 1 amide bonds. The van der Waals surface area contributed by atoms with Gasteiger partial charge in [0.25, 0.3) is 5.91 Å². The predicted octanol–water partition coefficient (Wildman–Crippen LogP) is 2.84. The number of ether oxygens (including phenoxy) is 2. The predicted molar refractivity (Wildman–Crippen MR) is 113 cm³/mol. The molecule has 0 aromatic heterocycles. The molecule has 1 aliphatic rings. The number of amides is 1. The van der Waals surface area contributed by atoms with Crippen molar-refractivity contribution in [1.82, 2.24) is 5.32 Å². The van der Waals surface area contributed by atoms with Gasteiger partial charge in [-0.2, -0.15) is 11.8 Å². The van der Waals surface area contributed by atoms with Crippen molar-refractivity contribution in [3.8, 4) is 5.75 Å². The summed E-state index contributed by atoms with van der Waals surface area (Å²) in [6.07, 6.45) is 2.44. The van der Waals surface area contributed by atoms with Crippen molar-refractivity contribution in [3.05, 3.63) is 65.2 Å².